The molecule has 0 radical (unpaired) electrons. The second-order valence-corrected chi connectivity index (χ2v) is 3.87. The highest BCUT2D eigenvalue weighted by Gasteiger charge is 2.05. The van der Waals surface area contributed by atoms with Crippen LogP contribution in [0.3, 0.4) is 0 Å². The lowest BCUT2D eigenvalue weighted by molar-refractivity contribution is 0.117. The van der Waals surface area contributed by atoms with E-state index in [2.05, 4.69) is 10.3 Å². The molecule has 0 aliphatic carbocycles. The van der Waals surface area contributed by atoms with E-state index in [1.165, 1.54) is 0 Å². The highest BCUT2D eigenvalue weighted by Crippen LogP contribution is 2.08. The maximum Gasteiger partial charge on any atom is 0.125 e. The summed E-state index contributed by atoms with van der Waals surface area (Å²) in [6, 6.07) is 15.0. The second-order valence-electron chi connectivity index (χ2n) is 3.87. The number of para-hydroxylation sites is 1. The van der Waals surface area contributed by atoms with Gasteiger partial charge in [0.25, 0.3) is 0 Å². The van der Waals surface area contributed by atoms with Gasteiger partial charge in [0.15, 0.2) is 0 Å². The number of hydrogen-bond acceptors (Lipinski definition) is 4. The van der Waals surface area contributed by atoms with Crippen molar-refractivity contribution >= 4 is 5.82 Å². The standard InChI is InChI=1S/C14H16N2O2/c17-12(10-16-14-8-4-5-9-15-14)11-18-13-6-2-1-3-7-13/h1-9,12,17H,10-11H2,(H,15,16)/t12-/m0/s1. The average Bonchev–Trinajstić information content (AvgIpc) is 2.45. The number of pyridine rings is 1. The van der Waals surface area contributed by atoms with Gasteiger partial charge >= 0.3 is 0 Å². The molecule has 4 nitrogen and oxygen atoms in total. The number of rotatable bonds is 6. The van der Waals surface area contributed by atoms with Crippen molar-refractivity contribution in [2.75, 3.05) is 18.5 Å². The molecular formula is C14H16N2O2. The first-order chi connectivity index (χ1) is 8.84. The van der Waals surface area contributed by atoms with Gasteiger partial charge in [-0.2, -0.15) is 0 Å². The molecule has 1 aromatic carbocycles. The van der Waals surface area contributed by atoms with E-state index < -0.39 is 6.10 Å². The van der Waals surface area contributed by atoms with E-state index in [9.17, 15) is 5.11 Å². The first kappa shape index (κ1) is 12.4. The van der Waals surface area contributed by atoms with Crippen molar-refractivity contribution in [3.05, 3.63) is 54.7 Å². The zero-order valence-electron chi connectivity index (χ0n) is 9.99. The molecule has 2 N–H and O–H groups in total. The first-order valence-corrected chi connectivity index (χ1v) is 5.85. The Kier molecular flexibility index (Phi) is 4.55. The molecular weight excluding hydrogens is 228 g/mol. The number of aliphatic hydroxyl groups excluding tert-OH is 1. The lowest BCUT2D eigenvalue weighted by Crippen LogP contribution is -2.26. The maximum absolute atomic E-state index is 9.76. The molecule has 2 aromatic rings. The van der Waals surface area contributed by atoms with Crippen LogP contribution in [0.2, 0.25) is 0 Å². The summed E-state index contributed by atoms with van der Waals surface area (Å²) in [6.07, 6.45) is 1.13. The van der Waals surface area contributed by atoms with Crippen LogP contribution in [0.5, 0.6) is 5.75 Å². The highest BCUT2D eigenvalue weighted by molar-refractivity contribution is 5.33. The molecule has 2 rings (SSSR count). The summed E-state index contributed by atoms with van der Waals surface area (Å²) in [7, 11) is 0. The summed E-state index contributed by atoms with van der Waals surface area (Å²) < 4.78 is 5.45. The van der Waals surface area contributed by atoms with Gasteiger partial charge in [-0.3, -0.25) is 0 Å². The molecule has 0 aliphatic rings. The third-order valence-corrected chi connectivity index (χ3v) is 2.37. The van der Waals surface area contributed by atoms with Gasteiger partial charge in [0, 0.05) is 12.7 Å². The third kappa shape index (κ3) is 4.07. The van der Waals surface area contributed by atoms with Crippen LogP contribution in [-0.4, -0.2) is 29.3 Å². The molecule has 0 saturated heterocycles. The zero-order valence-corrected chi connectivity index (χ0v) is 9.99. The molecule has 1 heterocycles. The van der Waals surface area contributed by atoms with E-state index in [4.69, 9.17) is 4.74 Å². The number of nitrogens with one attached hydrogen (secondary N) is 1. The van der Waals surface area contributed by atoms with Crippen LogP contribution in [-0.2, 0) is 0 Å². The van der Waals surface area contributed by atoms with Crippen LogP contribution in [0.1, 0.15) is 0 Å². The Morgan fingerprint density at radius 1 is 1.11 bits per heavy atom. The van der Waals surface area contributed by atoms with Crippen molar-refractivity contribution in [3.63, 3.8) is 0 Å². The van der Waals surface area contributed by atoms with Gasteiger partial charge in [0.05, 0.1) is 0 Å². The lowest BCUT2D eigenvalue weighted by atomic mass is 10.3. The van der Waals surface area contributed by atoms with Gasteiger partial charge in [-0.15, -0.1) is 0 Å². The number of ether oxygens (including phenoxy) is 1. The van der Waals surface area contributed by atoms with Crippen molar-refractivity contribution in [3.8, 4) is 5.75 Å². The van der Waals surface area contributed by atoms with E-state index in [1.807, 2.05) is 48.5 Å². The van der Waals surface area contributed by atoms with E-state index in [1.54, 1.807) is 6.20 Å². The smallest absolute Gasteiger partial charge is 0.125 e. The molecule has 0 saturated carbocycles. The molecule has 0 amide bonds. The van der Waals surface area contributed by atoms with Crippen molar-refractivity contribution < 1.29 is 9.84 Å². The number of nitrogens with zero attached hydrogens (tertiary/aromatic N) is 1. The van der Waals surface area contributed by atoms with Gasteiger partial charge in [0.2, 0.25) is 0 Å². The number of benzene rings is 1. The first-order valence-electron chi connectivity index (χ1n) is 5.85. The Morgan fingerprint density at radius 2 is 1.89 bits per heavy atom. The van der Waals surface area contributed by atoms with Crippen molar-refractivity contribution in [1.29, 1.82) is 0 Å². The van der Waals surface area contributed by atoms with Crippen molar-refractivity contribution in [1.82, 2.24) is 4.98 Å². The van der Waals surface area contributed by atoms with Crippen LogP contribution >= 0.6 is 0 Å². The minimum absolute atomic E-state index is 0.254. The minimum atomic E-state index is -0.577. The Morgan fingerprint density at radius 3 is 2.61 bits per heavy atom. The lowest BCUT2D eigenvalue weighted by Gasteiger charge is -2.13. The largest absolute Gasteiger partial charge is 0.491 e. The summed E-state index contributed by atoms with van der Waals surface area (Å²) >= 11 is 0. The average molecular weight is 244 g/mol. The zero-order chi connectivity index (χ0) is 12.6. The predicted molar refractivity (Wildman–Crippen MR) is 70.7 cm³/mol. The molecule has 0 bridgehead atoms. The van der Waals surface area contributed by atoms with E-state index >= 15 is 0 Å². The van der Waals surface area contributed by atoms with Gasteiger partial charge < -0.3 is 15.2 Å². The van der Waals surface area contributed by atoms with E-state index in [0.717, 1.165) is 11.6 Å². The van der Waals surface area contributed by atoms with Gasteiger partial charge in [-0.25, -0.2) is 4.98 Å². The van der Waals surface area contributed by atoms with Crippen LogP contribution in [0.4, 0.5) is 5.82 Å². The molecule has 0 spiro atoms. The number of anilines is 1. The minimum Gasteiger partial charge on any atom is -0.491 e. The summed E-state index contributed by atoms with van der Waals surface area (Å²) in [5.74, 6) is 1.51. The summed E-state index contributed by atoms with van der Waals surface area (Å²) in [6.45, 7) is 0.660. The van der Waals surface area contributed by atoms with Crippen molar-refractivity contribution in [2.24, 2.45) is 0 Å². The van der Waals surface area contributed by atoms with Crippen LogP contribution in [0, 0.1) is 0 Å². The van der Waals surface area contributed by atoms with Gasteiger partial charge in [-0.05, 0) is 24.3 Å². The summed E-state index contributed by atoms with van der Waals surface area (Å²) in [4.78, 5) is 4.11. The van der Waals surface area contributed by atoms with E-state index in [-0.39, 0.29) is 6.61 Å². The molecule has 0 aliphatic heterocycles. The SMILES string of the molecule is O[C@@H](CNc1ccccn1)COc1ccccc1. The number of hydrogen-bond donors (Lipinski definition) is 2. The predicted octanol–water partition coefficient (Wildman–Crippen LogP) is 1.93. The number of aliphatic hydroxyl groups is 1. The summed E-state index contributed by atoms with van der Waals surface area (Å²) in [5.41, 5.74) is 0. The second kappa shape index (κ2) is 6.61. The Labute approximate surface area is 106 Å². The maximum atomic E-state index is 9.76. The van der Waals surface area contributed by atoms with Crippen LogP contribution < -0.4 is 10.1 Å². The normalized spacial score (nSPS) is 11.8. The highest BCUT2D eigenvalue weighted by atomic mass is 16.5. The fraction of sp³-hybridized carbons (Fsp3) is 0.214. The monoisotopic (exact) mass is 244 g/mol. The molecule has 0 unspecified atom stereocenters. The van der Waals surface area contributed by atoms with Gasteiger partial charge in [0.1, 0.15) is 24.3 Å². The molecule has 94 valence electrons. The fourth-order valence-corrected chi connectivity index (χ4v) is 1.46. The molecule has 0 fully saturated rings. The van der Waals surface area contributed by atoms with Crippen LogP contribution in [0.15, 0.2) is 54.7 Å². The van der Waals surface area contributed by atoms with Crippen molar-refractivity contribution in [2.45, 2.75) is 6.10 Å². The van der Waals surface area contributed by atoms with Gasteiger partial charge in [-0.1, -0.05) is 24.3 Å². The Balaban J connectivity index is 1.71. The fourth-order valence-electron chi connectivity index (χ4n) is 1.46. The Bertz CT molecular complexity index is 404. The quantitative estimate of drug-likeness (QED) is 0.815. The molecule has 1 aromatic heterocycles. The molecule has 18 heavy (non-hydrogen) atoms. The molecule has 4 heteroatoms. The summed E-state index contributed by atoms with van der Waals surface area (Å²) in [5, 5.41) is 12.8. The number of aromatic nitrogens is 1. The Hall–Kier alpha value is -2.07. The topological polar surface area (TPSA) is 54.4 Å². The molecule has 1 atom stereocenters. The van der Waals surface area contributed by atoms with Crippen LogP contribution in [0.25, 0.3) is 0 Å². The third-order valence-electron chi connectivity index (χ3n) is 2.37. The van der Waals surface area contributed by atoms with E-state index in [0.29, 0.717) is 6.54 Å².